The van der Waals surface area contributed by atoms with Gasteiger partial charge in [-0.1, -0.05) is 30.3 Å². The second-order valence-electron chi connectivity index (χ2n) is 7.84. The molecule has 0 amide bonds. The average Bonchev–Trinajstić information content (AvgIpc) is 3.52. The van der Waals surface area contributed by atoms with Crippen LogP contribution in [0.2, 0.25) is 0 Å². The third-order valence-electron chi connectivity index (χ3n) is 5.98. The Balaban J connectivity index is 1.53. The molecule has 3 aromatic carbocycles. The highest BCUT2D eigenvalue weighted by Gasteiger charge is 2.29. The number of nitrogens with one attached hydrogen (secondary N) is 1. The van der Waals surface area contributed by atoms with Gasteiger partial charge in [0.15, 0.2) is 0 Å². The van der Waals surface area contributed by atoms with Crippen molar-refractivity contribution in [2.24, 2.45) is 0 Å². The molecule has 0 fully saturated rings. The number of methoxy groups -OCH3 is 1. The quantitative estimate of drug-likeness (QED) is 0.398. The van der Waals surface area contributed by atoms with E-state index >= 15 is 0 Å². The number of aromatic nitrogens is 3. The summed E-state index contributed by atoms with van der Waals surface area (Å²) in [6, 6.07) is 30.9. The number of benzene rings is 3. The molecule has 1 unspecified atom stereocenters. The zero-order chi connectivity index (χ0) is 21.5. The lowest BCUT2D eigenvalue weighted by Gasteiger charge is -2.29. The molecule has 156 valence electrons. The van der Waals surface area contributed by atoms with E-state index in [4.69, 9.17) is 9.84 Å². The van der Waals surface area contributed by atoms with Crippen molar-refractivity contribution in [2.45, 2.75) is 6.04 Å². The van der Waals surface area contributed by atoms with Crippen molar-refractivity contribution in [1.82, 2.24) is 14.3 Å². The fraction of sp³-hybridized carbons (Fsp3) is 0.0741. The molecule has 2 aromatic heterocycles. The van der Waals surface area contributed by atoms with Gasteiger partial charge in [0.25, 0.3) is 0 Å². The maximum absolute atomic E-state index is 5.36. The van der Waals surface area contributed by atoms with Gasteiger partial charge in [0.2, 0.25) is 0 Å². The van der Waals surface area contributed by atoms with Gasteiger partial charge in [0.1, 0.15) is 5.75 Å². The first-order valence-corrected chi connectivity index (χ1v) is 10.6. The monoisotopic (exact) mass is 418 g/mol. The van der Waals surface area contributed by atoms with Gasteiger partial charge >= 0.3 is 0 Å². The molecule has 32 heavy (non-hydrogen) atoms. The standard InChI is InChI=1S/C27H22N4O/c1-32-21-15-13-19(14-16-21)26-22(18-31(29-26)20-8-3-2-4-9-20)27-25-12-7-17-30(25)24-11-6-5-10-23(24)28-27/h2-18,27-28H,1H3. The van der Waals surface area contributed by atoms with Crippen LogP contribution in [-0.2, 0) is 0 Å². The van der Waals surface area contributed by atoms with Gasteiger partial charge in [-0.2, -0.15) is 5.10 Å². The van der Waals surface area contributed by atoms with Gasteiger partial charge in [-0.3, -0.25) is 0 Å². The van der Waals surface area contributed by atoms with Crippen LogP contribution in [0.3, 0.4) is 0 Å². The molecule has 1 atom stereocenters. The number of fused-ring (bicyclic) bond motifs is 3. The van der Waals surface area contributed by atoms with Crippen LogP contribution in [0.4, 0.5) is 5.69 Å². The maximum atomic E-state index is 5.36. The highest BCUT2D eigenvalue weighted by molar-refractivity contribution is 5.71. The molecule has 5 heteroatoms. The Kier molecular flexibility index (Phi) is 4.32. The van der Waals surface area contributed by atoms with Gasteiger partial charge in [-0.25, -0.2) is 4.68 Å². The van der Waals surface area contributed by atoms with E-state index in [9.17, 15) is 0 Å². The average molecular weight is 419 g/mol. The molecule has 1 aliphatic rings. The Morgan fingerprint density at radius 1 is 0.844 bits per heavy atom. The van der Waals surface area contributed by atoms with Crippen molar-refractivity contribution in [3.05, 3.63) is 115 Å². The Labute approximate surface area is 186 Å². The second-order valence-corrected chi connectivity index (χ2v) is 7.84. The van der Waals surface area contributed by atoms with Crippen LogP contribution >= 0.6 is 0 Å². The third-order valence-corrected chi connectivity index (χ3v) is 5.98. The Bertz CT molecular complexity index is 1380. The summed E-state index contributed by atoms with van der Waals surface area (Å²) in [5, 5.41) is 8.78. The first-order chi connectivity index (χ1) is 15.8. The van der Waals surface area contributed by atoms with E-state index in [1.807, 2.05) is 35.0 Å². The van der Waals surface area contributed by atoms with Crippen LogP contribution in [0.1, 0.15) is 17.3 Å². The van der Waals surface area contributed by atoms with E-state index in [0.29, 0.717) is 0 Å². The highest BCUT2D eigenvalue weighted by Crippen LogP contribution is 2.40. The van der Waals surface area contributed by atoms with E-state index in [-0.39, 0.29) is 6.04 Å². The molecule has 0 radical (unpaired) electrons. The Morgan fingerprint density at radius 3 is 2.44 bits per heavy atom. The van der Waals surface area contributed by atoms with Gasteiger partial charge < -0.3 is 14.6 Å². The minimum Gasteiger partial charge on any atom is -0.497 e. The first kappa shape index (κ1) is 18.5. The minimum atomic E-state index is -0.0329. The molecule has 1 aliphatic heterocycles. The van der Waals surface area contributed by atoms with Crippen LogP contribution in [0.15, 0.2) is 103 Å². The van der Waals surface area contributed by atoms with Crippen LogP contribution < -0.4 is 10.1 Å². The summed E-state index contributed by atoms with van der Waals surface area (Å²) in [6.07, 6.45) is 4.26. The minimum absolute atomic E-state index is 0.0329. The molecule has 5 aromatic rings. The molecule has 0 aliphatic carbocycles. The molecule has 5 nitrogen and oxygen atoms in total. The molecule has 0 saturated carbocycles. The van der Waals surface area contributed by atoms with Crippen molar-refractivity contribution >= 4 is 5.69 Å². The van der Waals surface area contributed by atoms with Crippen molar-refractivity contribution in [2.75, 3.05) is 12.4 Å². The zero-order valence-electron chi connectivity index (χ0n) is 17.6. The first-order valence-electron chi connectivity index (χ1n) is 10.6. The summed E-state index contributed by atoms with van der Waals surface area (Å²) in [5.41, 5.74) is 7.59. The van der Waals surface area contributed by atoms with E-state index in [2.05, 4.69) is 82.9 Å². The number of nitrogens with zero attached hydrogens (tertiary/aromatic N) is 3. The van der Waals surface area contributed by atoms with Crippen LogP contribution in [0.25, 0.3) is 22.6 Å². The molecule has 0 spiro atoms. The van der Waals surface area contributed by atoms with Crippen LogP contribution in [0.5, 0.6) is 5.75 Å². The maximum Gasteiger partial charge on any atom is 0.118 e. The molecule has 3 heterocycles. The SMILES string of the molecule is COc1ccc(-c2nn(-c3ccccc3)cc2C2Nc3ccccc3-n3cccc32)cc1. The number of anilines is 1. The Hall–Kier alpha value is -4.25. The fourth-order valence-electron chi connectivity index (χ4n) is 4.41. The number of hydrogen-bond donors (Lipinski definition) is 1. The summed E-state index contributed by atoms with van der Waals surface area (Å²) in [5.74, 6) is 0.830. The number of rotatable bonds is 4. The second kappa shape index (κ2) is 7.46. The van der Waals surface area contributed by atoms with Gasteiger partial charge in [-0.05, 0) is 60.7 Å². The third kappa shape index (κ3) is 2.98. The normalized spacial score (nSPS) is 14.3. The summed E-state index contributed by atoms with van der Waals surface area (Å²) in [4.78, 5) is 0. The van der Waals surface area contributed by atoms with E-state index < -0.39 is 0 Å². The number of hydrogen-bond acceptors (Lipinski definition) is 3. The Morgan fingerprint density at radius 2 is 1.62 bits per heavy atom. The van der Waals surface area contributed by atoms with Gasteiger partial charge in [-0.15, -0.1) is 0 Å². The van der Waals surface area contributed by atoms with Crippen LogP contribution in [-0.4, -0.2) is 21.5 Å². The summed E-state index contributed by atoms with van der Waals surface area (Å²) in [6.45, 7) is 0. The molecular formula is C27H22N4O. The van der Waals surface area contributed by atoms with Crippen molar-refractivity contribution in [3.8, 4) is 28.4 Å². The highest BCUT2D eigenvalue weighted by atomic mass is 16.5. The van der Waals surface area contributed by atoms with Crippen LogP contribution in [0, 0.1) is 0 Å². The van der Waals surface area contributed by atoms with E-state index in [1.54, 1.807) is 7.11 Å². The largest absolute Gasteiger partial charge is 0.497 e. The molecule has 0 bridgehead atoms. The van der Waals surface area contributed by atoms with Gasteiger partial charge in [0, 0.05) is 29.2 Å². The summed E-state index contributed by atoms with van der Waals surface area (Å²) < 4.78 is 9.58. The van der Waals surface area contributed by atoms with Crippen molar-refractivity contribution in [3.63, 3.8) is 0 Å². The van der Waals surface area contributed by atoms with Gasteiger partial charge in [0.05, 0.1) is 35.9 Å². The molecule has 6 rings (SSSR count). The summed E-state index contributed by atoms with van der Waals surface area (Å²) >= 11 is 0. The topological polar surface area (TPSA) is 44.0 Å². The van der Waals surface area contributed by atoms with Crippen molar-refractivity contribution < 1.29 is 4.74 Å². The predicted molar refractivity (Wildman–Crippen MR) is 127 cm³/mol. The molecule has 1 N–H and O–H groups in total. The van der Waals surface area contributed by atoms with E-state index in [0.717, 1.165) is 39.6 Å². The smallest absolute Gasteiger partial charge is 0.118 e. The lowest BCUT2D eigenvalue weighted by Crippen LogP contribution is -2.22. The molecular weight excluding hydrogens is 396 g/mol. The van der Waals surface area contributed by atoms with Crippen molar-refractivity contribution in [1.29, 1.82) is 0 Å². The lowest BCUT2D eigenvalue weighted by molar-refractivity contribution is 0.415. The number of para-hydroxylation sites is 3. The zero-order valence-corrected chi connectivity index (χ0v) is 17.6. The number of ether oxygens (including phenoxy) is 1. The predicted octanol–water partition coefficient (Wildman–Crippen LogP) is 5.85. The molecule has 0 saturated heterocycles. The fourth-order valence-corrected chi connectivity index (χ4v) is 4.41. The lowest BCUT2D eigenvalue weighted by atomic mass is 9.98. The van der Waals surface area contributed by atoms with E-state index in [1.165, 1.54) is 5.69 Å². The summed E-state index contributed by atoms with van der Waals surface area (Å²) in [7, 11) is 1.68.